The summed E-state index contributed by atoms with van der Waals surface area (Å²) in [4.78, 5) is 26.8. The number of anilines is 1. The average Bonchev–Trinajstić information content (AvgIpc) is 3.19. The zero-order valence-corrected chi connectivity index (χ0v) is 17.7. The first kappa shape index (κ1) is 19.9. The highest BCUT2D eigenvalue weighted by Crippen LogP contribution is 2.38. The van der Waals surface area contributed by atoms with E-state index in [1.165, 1.54) is 6.42 Å². The smallest absolute Gasteiger partial charge is 0.226 e. The normalized spacial score (nSPS) is 20.7. The van der Waals surface area contributed by atoms with Crippen molar-refractivity contribution in [3.8, 4) is 11.3 Å². The second kappa shape index (κ2) is 8.51. The Labute approximate surface area is 172 Å². The van der Waals surface area contributed by atoms with Crippen molar-refractivity contribution < 1.29 is 9.32 Å². The molecule has 0 radical (unpaired) electrons. The van der Waals surface area contributed by atoms with Crippen LogP contribution in [0.4, 0.5) is 5.95 Å². The Morgan fingerprint density at radius 3 is 2.59 bits per heavy atom. The van der Waals surface area contributed by atoms with E-state index in [0.29, 0.717) is 17.6 Å². The number of likely N-dealkylation sites (tertiary alicyclic amines) is 1. The number of aromatic nitrogens is 3. The van der Waals surface area contributed by atoms with Gasteiger partial charge in [-0.15, -0.1) is 0 Å². The number of carbonyl (C=O) groups excluding carboxylic acids is 1. The second-order valence-corrected chi connectivity index (χ2v) is 8.57. The van der Waals surface area contributed by atoms with Crippen molar-refractivity contribution in [3.63, 3.8) is 0 Å². The highest BCUT2D eigenvalue weighted by molar-refractivity contribution is 5.80. The molecule has 7 heteroatoms. The van der Waals surface area contributed by atoms with E-state index in [1.807, 2.05) is 38.2 Å². The van der Waals surface area contributed by atoms with E-state index in [1.54, 1.807) is 0 Å². The van der Waals surface area contributed by atoms with Crippen LogP contribution in [0, 0.1) is 12.8 Å². The maximum absolute atomic E-state index is 13.4. The Kier molecular flexibility index (Phi) is 5.83. The molecule has 1 saturated heterocycles. The first-order valence-corrected chi connectivity index (χ1v) is 10.8. The van der Waals surface area contributed by atoms with Gasteiger partial charge in [-0.2, -0.15) is 0 Å². The molecule has 156 valence electrons. The van der Waals surface area contributed by atoms with E-state index in [0.717, 1.165) is 68.4 Å². The molecule has 0 aromatic carbocycles. The fourth-order valence-electron chi connectivity index (χ4n) is 4.60. The van der Waals surface area contributed by atoms with Gasteiger partial charge in [0.05, 0.1) is 23.0 Å². The molecule has 4 rings (SSSR count). The maximum Gasteiger partial charge on any atom is 0.226 e. The first-order valence-electron chi connectivity index (χ1n) is 10.8. The summed E-state index contributed by atoms with van der Waals surface area (Å²) < 4.78 is 5.55. The third kappa shape index (κ3) is 4.14. The zero-order chi connectivity index (χ0) is 20.4. The molecule has 2 fully saturated rings. The van der Waals surface area contributed by atoms with Crippen molar-refractivity contribution in [2.75, 3.05) is 25.5 Å². The van der Waals surface area contributed by atoms with Gasteiger partial charge in [0.2, 0.25) is 11.9 Å². The summed E-state index contributed by atoms with van der Waals surface area (Å²) in [5, 5.41) is 4.04. The van der Waals surface area contributed by atoms with Crippen LogP contribution in [0.25, 0.3) is 11.3 Å². The molecule has 29 heavy (non-hydrogen) atoms. The summed E-state index contributed by atoms with van der Waals surface area (Å²) in [5.41, 5.74) is 2.54. The van der Waals surface area contributed by atoms with Crippen molar-refractivity contribution in [1.29, 1.82) is 0 Å². The molecule has 0 bridgehead atoms. The summed E-state index contributed by atoms with van der Waals surface area (Å²) in [6.45, 7) is 2.71. The predicted molar refractivity (Wildman–Crippen MR) is 111 cm³/mol. The van der Waals surface area contributed by atoms with Crippen LogP contribution >= 0.6 is 0 Å². The number of rotatable bonds is 4. The Morgan fingerprint density at radius 1 is 1.14 bits per heavy atom. The van der Waals surface area contributed by atoms with Crippen LogP contribution in [0.1, 0.15) is 68.8 Å². The molecule has 2 aliphatic rings. The molecule has 2 aromatic rings. The SMILES string of the molecule is Cc1cc(-c2cnc(N(C)C)nc2[C@@H]2CCCCN2C(=O)C2CCCCC2)on1. The fourth-order valence-corrected chi connectivity index (χ4v) is 4.60. The van der Waals surface area contributed by atoms with Gasteiger partial charge in [0.15, 0.2) is 5.76 Å². The first-order chi connectivity index (χ1) is 14.0. The molecular weight excluding hydrogens is 366 g/mol. The lowest BCUT2D eigenvalue weighted by molar-refractivity contribution is -0.140. The summed E-state index contributed by atoms with van der Waals surface area (Å²) in [7, 11) is 3.87. The summed E-state index contributed by atoms with van der Waals surface area (Å²) in [6.07, 6.45) is 10.5. The maximum atomic E-state index is 13.4. The van der Waals surface area contributed by atoms with Gasteiger partial charge in [0.25, 0.3) is 0 Å². The van der Waals surface area contributed by atoms with E-state index < -0.39 is 0 Å². The van der Waals surface area contributed by atoms with E-state index in [9.17, 15) is 4.79 Å². The van der Waals surface area contributed by atoms with Crippen molar-refractivity contribution in [1.82, 2.24) is 20.0 Å². The fraction of sp³-hybridized carbons (Fsp3) is 0.636. The van der Waals surface area contributed by atoms with Crippen LogP contribution in [-0.4, -0.2) is 46.6 Å². The third-order valence-electron chi connectivity index (χ3n) is 6.15. The molecule has 1 aliphatic carbocycles. The van der Waals surface area contributed by atoms with Crippen LogP contribution in [-0.2, 0) is 4.79 Å². The molecule has 7 nitrogen and oxygen atoms in total. The van der Waals surface area contributed by atoms with Crippen molar-refractivity contribution in [2.24, 2.45) is 5.92 Å². The Bertz CT molecular complexity index is 857. The second-order valence-electron chi connectivity index (χ2n) is 8.57. The standard InChI is InChI=1S/C22H31N5O2/c1-15-13-19(29-25-15)17-14-23-22(26(2)3)24-20(17)18-11-7-8-12-27(18)21(28)16-9-5-4-6-10-16/h13-14,16,18H,4-12H2,1-3H3/t18-/m0/s1. The third-order valence-corrected chi connectivity index (χ3v) is 6.15. The van der Waals surface area contributed by atoms with Gasteiger partial charge in [-0.25, -0.2) is 9.97 Å². The van der Waals surface area contributed by atoms with Crippen LogP contribution in [0.15, 0.2) is 16.8 Å². The Balaban J connectivity index is 1.73. The molecule has 1 aliphatic heterocycles. The van der Waals surface area contributed by atoms with E-state index in [-0.39, 0.29) is 12.0 Å². The number of hydrogen-bond acceptors (Lipinski definition) is 6. The molecule has 0 N–H and O–H groups in total. The van der Waals surface area contributed by atoms with Crippen molar-refractivity contribution >= 4 is 11.9 Å². The average molecular weight is 398 g/mol. The topological polar surface area (TPSA) is 75.4 Å². The van der Waals surface area contributed by atoms with Gasteiger partial charge in [-0.3, -0.25) is 4.79 Å². The van der Waals surface area contributed by atoms with Gasteiger partial charge in [0.1, 0.15) is 0 Å². The van der Waals surface area contributed by atoms with E-state index in [4.69, 9.17) is 9.51 Å². The highest BCUT2D eigenvalue weighted by atomic mass is 16.5. The van der Waals surface area contributed by atoms with Gasteiger partial charge < -0.3 is 14.3 Å². The zero-order valence-electron chi connectivity index (χ0n) is 17.7. The van der Waals surface area contributed by atoms with Crippen LogP contribution in [0.2, 0.25) is 0 Å². The number of nitrogens with zero attached hydrogens (tertiary/aromatic N) is 5. The molecule has 3 heterocycles. The number of hydrogen-bond donors (Lipinski definition) is 0. The molecule has 0 spiro atoms. The predicted octanol–water partition coefficient (Wildman–Crippen LogP) is 4.14. The summed E-state index contributed by atoms with van der Waals surface area (Å²) in [5.74, 6) is 1.78. The minimum atomic E-state index is -0.0414. The summed E-state index contributed by atoms with van der Waals surface area (Å²) >= 11 is 0. The lowest BCUT2D eigenvalue weighted by atomic mass is 9.86. The van der Waals surface area contributed by atoms with Crippen LogP contribution < -0.4 is 4.90 Å². The van der Waals surface area contributed by atoms with Crippen LogP contribution in [0.3, 0.4) is 0 Å². The molecule has 1 atom stereocenters. The van der Waals surface area contributed by atoms with Gasteiger partial charge in [-0.05, 0) is 39.0 Å². The molecule has 1 saturated carbocycles. The van der Waals surface area contributed by atoms with Crippen LogP contribution in [0.5, 0.6) is 0 Å². The molecule has 0 unspecified atom stereocenters. The molecular formula is C22H31N5O2. The lowest BCUT2D eigenvalue weighted by Gasteiger charge is -2.39. The number of amides is 1. The molecule has 2 aromatic heterocycles. The number of aryl methyl sites for hydroxylation is 1. The van der Waals surface area contributed by atoms with Gasteiger partial charge in [0, 0.05) is 38.8 Å². The Hall–Kier alpha value is -2.44. The minimum absolute atomic E-state index is 0.0414. The van der Waals surface area contributed by atoms with Gasteiger partial charge in [-0.1, -0.05) is 24.4 Å². The quantitative estimate of drug-likeness (QED) is 0.772. The van der Waals surface area contributed by atoms with Crippen molar-refractivity contribution in [2.45, 2.75) is 64.3 Å². The highest BCUT2D eigenvalue weighted by Gasteiger charge is 2.35. The molecule has 1 amide bonds. The van der Waals surface area contributed by atoms with E-state index in [2.05, 4.69) is 15.0 Å². The number of piperidine rings is 1. The minimum Gasteiger partial charge on any atom is -0.356 e. The van der Waals surface area contributed by atoms with E-state index >= 15 is 0 Å². The van der Waals surface area contributed by atoms with Crippen molar-refractivity contribution in [3.05, 3.63) is 23.7 Å². The monoisotopic (exact) mass is 397 g/mol. The lowest BCUT2D eigenvalue weighted by Crippen LogP contribution is -2.43. The number of carbonyl (C=O) groups is 1. The largest absolute Gasteiger partial charge is 0.356 e. The Morgan fingerprint density at radius 2 is 1.90 bits per heavy atom. The summed E-state index contributed by atoms with van der Waals surface area (Å²) in [6, 6.07) is 1.87. The van der Waals surface area contributed by atoms with Gasteiger partial charge >= 0.3 is 0 Å².